The van der Waals surface area contributed by atoms with Crippen molar-refractivity contribution in [3.63, 3.8) is 0 Å². The van der Waals surface area contributed by atoms with Crippen molar-refractivity contribution in [2.75, 3.05) is 0 Å². The molecule has 15 heavy (non-hydrogen) atoms. The molecule has 0 aromatic carbocycles. The van der Waals surface area contributed by atoms with Crippen molar-refractivity contribution in [2.24, 2.45) is 0 Å². The van der Waals surface area contributed by atoms with Gasteiger partial charge in [-0.1, -0.05) is 50.1 Å². The van der Waals surface area contributed by atoms with E-state index in [1.54, 1.807) is 0 Å². The summed E-state index contributed by atoms with van der Waals surface area (Å²) < 4.78 is 0. The van der Waals surface area contributed by atoms with Crippen LogP contribution < -0.4 is 0 Å². The minimum atomic E-state index is 1.05. The molecule has 0 heteroatoms. The highest BCUT2D eigenvalue weighted by Gasteiger charge is 2.16. The Morgan fingerprint density at radius 1 is 1.07 bits per heavy atom. The first kappa shape index (κ1) is 11.5. The summed E-state index contributed by atoms with van der Waals surface area (Å²) in [6.07, 6.45) is 12.0. The number of allylic oxidation sites excluding steroid dienone is 9. The standard InChI is InChI=1S/C15H18/c1-5-9-15-13(7-3)11-10-12(6-2)14(15)8-4/h5-9H,1-2,4,10-11H2,3H3/b13-7-,15-9+. The maximum absolute atomic E-state index is 3.88. The summed E-state index contributed by atoms with van der Waals surface area (Å²) in [7, 11) is 0. The fraction of sp³-hybridized carbons (Fsp3) is 0.200. The molecule has 0 aromatic heterocycles. The van der Waals surface area contributed by atoms with Crippen LogP contribution in [0.15, 0.2) is 72.4 Å². The fourth-order valence-electron chi connectivity index (χ4n) is 1.95. The maximum atomic E-state index is 3.88. The van der Waals surface area contributed by atoms with E-state index in [-0.39, 0.29) is 0 Å². The molecule has 1 aliphatic carbocycles. The van der Waals surface area contributed by atoms with E-state index in [9.17, 15) is 0 Å². The van der Waals surface area contributed by atoms with Gasteiger partial charge in [-0.05, 0) is 42.1 Å². The maximum Gasteiger partial charge on any atom is -0.0153 e. The van der Waals surface area contributed by atoms with Crippen LogP contribution in [0, 0.1) is 0 Å². The molecule has 0 heterocycles. The van der Waals surface area contributed by atoms with Crippen LogP contribution in [-0.4, -0.2) is 0 Å². The minimum Gasteiger partial charge on any atom is -0.0990 e. The molecule has 0 atom stereocenters. The Balaban J connectivity index is 3.34. The van der Waals surface area contributed by atoms with Gasteiger partial charge in [0.25, 0.3) is 0 Å². The monoisotopic (exact) mass is 198 g/mol. The Labute approximate surface area is 92.7 Å². The lowest BCUT2D eigenvalue weighted by Gasteiger charge is -2.22. The molecule has 0 N–H and O–H groups in total. The van der Waals surface area contributed by atoms with E-state index in [0.717, 1.165) is 12.8 Å². The quantitative estimate of drug-likeness (QED) is 0.626. The third kappa shape index (κ3) is 2.27. The lowest BCUT2D eigenvalue weighted by atomic mass is 9.83. The normalized spacial score (nSPS) is 21.9. The molecule has 0 radical (unpaired) electrons. The van der Waals surface area contributed by atoms with E-state index in [0.29, 0.717) is 0 Å². The highest BCUT2D eigenvalue weighted by Crippen LogP contribution is 2.34. The van der Waals surface area contributed by atoms with Crippen molar-refractivity contribution >= 4 is 0 Å². The van der Waals surface area contributed by atoms with Gasteiger partial charge in [0.15, 0.2) is 0 Å². The Bertz CT molecular complexity index is 373. The van der Waals surface area contributed by atoms with Gasteiger partial charge in [0, 0.05) is 0 Å². The smallest absolute Gasteiger partial charge is 0.0153 e. The van der Waals surface area contributed by atoms with E-state index >= 15 is 0 Å². The fourth-order valence-corrected chi connectivity index (χ4v) is 1.95. The van der Waals surface area contributed by atoms with Crippen LogP contribution >= 0.6 is 0 Å². The molecule has 1 aliphatic rings. The molecule has 0 aliphatic heterocycles. The highest BCUT2D eigenvalue weighted by atomic mass is 14.2. The van der Waals surface area contributed by atoms with Crippen molar-refractivity contribution in [3.8, 4) is 0 Å². The molecular formula is C15H18. The van der Waals surface area contributed by atoms with E-state index in [1.165, 1.54) is 22.3 Å². The van der Waals surface area contributed by atoms with Crippen LogP contribution in [0.5, 0.6) is 0 Å². The van der Waals surface area contributed by atoms with Crippen LogP contribution in [0.3, 0.4) is 0 Å². The molecule has 0 spiro atoms. The van der Waals surface area contributed by atoms with Crippen molar-refractivity contribution in [1.29, 1.82) is 0 Å². The van der Waals surface area contributed by atoms with Gasteiger partial charge >= 0.3 is 0 Å². The predicted molar refractivity (Wildman–Crippen MR) is 68.7 cm³/mol. The second kappa shape index (κ2) is 5.35. The van der Waals surface area contributed by atoms with Gasteiger partial charge in [-0.25, -0.2) is 0 Å². The molecule has 0 unspecified atom stereocenters. The highest BCUT2D eigenvalue weighted by molar-refractivity contribution is 5.59. The Morgan fingerprint density at radius 2 is 1.80 bits per heavy atom. The van der Waals surface area contributed by atoms with Crippen LogP contribution in [0.1, 0.15) is 19.8 Å². The molecule has 0 aromatic rings. The van der Waals surface area contributed by atoms with Gasteiger partial charge in [0.1, 0.15) is 0 Å². The first-order valence-corrected chi connectivity index (χ1v) is 5.25. The zero-order chi connectivity index (χ0) is 11.3. The minimum absolute atomic E-state index is 1.05. The summed E-state index contributed by atoms with van der Waals surface area (Å²) in [5.74, 6) is 0. The van der Waals surface area contributed by atoms with Gasteiger partial charge in [0.2, 0.25) is 0 Å². The molecule has 0 amide bonds. The van der Waals surface area contributed by atoms with E-state index < -0.39 is 0 Å². The number of rotatable bonds is 3. The zero-order valence-electron chi connectivity index (χ0n) is 9.42. The largest absolute Gasteiger partial charge is 0.0990 e. The van der Waals surface area contributed by atoms with Crippen LogP contribution in [0.2, 0.25) is 0 Å². The number of hydrogen-bond acceptors (Lipinski definition) is 0. The van der Waals surface area contributed by atoms with E-state index in [2.05, 4.69) is 38.8 Å². The van der Waals surface area contributed by atoms with Crippen LogP contribution in [0.4, 0.5) is 0 Å². The van der Waals surface area contributed by atoms with Crippen LogP contribution in [-0.2, 0) is 0 Å². The van der Waals surface area contributed by atoms with E-state index in [1.807, 2.05) is 18.2 Å². The molecular weight excluding hydrogens is 180 g/mol. The molecule has 0 saturated carbocycles. The topological polar surface area (TPSA) is 0 Å². The molecule has 1 rings (SSSR count). The van der Waals surface area contributed by atoms with Gasteiger partial charge < -0.3 is 0 Å². The molecule has 78 valence electrons. The summed E-state index contributed by atoms with van der Waals surface area (Å²) in [5.41, 5.74) is 5.09. The van der Waals surface area contributed by atoms with Gasteiger partial charge in [-0.3, -0.25) is 0 Å². The summed E-state index contributed by atoms with van der Waals surface area (Å²) in [5, 5.41) is 0. The van der Waals surface area contributed by atoms with E-state index in [4.69, 9.17) is 0 Å². The Hall–Kier alpha value is -1.56. The first-order valence-electron chi connectivity index (χ1n) is 5.25. The Morgan fingerprint density at radius 3 is 2.27 bits per heavy atom. The van der Waals surface area contributed by atoms with Crippen molar-refractivity contribution in [1.82, 2.24) is 0 Å². The average Bonchev–Trinajstić information content (AvgIpc) is 2.28. The lowest BCUT2D eigenvalue weighted by molar-refractivity contribution is 0.913. The molecule has 0 bridgehead atoms. The molecule has 0 saturated heterocycles. The van der Waals surface area contributed by atoms with Crippen molar-refractivity contribution in [2.45, 2.75) is 19.8 Å². The van der Waals surface area contributed by atoms with Crippen molar-refractivity contribution < 1.29 is 0 Å². The van der Waals surface area contributed by atoms with Gasteiger partial charge in [-0.2, -0.15) is 0 Å². The second-order valence-electron chi connectivity index (χ2n) is 3.48. The summed E-state index contributed by atoms with van der Waals surface area (Å²) in [6, 6.07) is 0. The summed E-state index contributed by atoms with van der Waals surface area (Å²) in [4.78, 5) is 0. The predicted octanol–water partition coefficient (Wildman–Crippen LogP) is 4.51. The molecule has 0 nitrogen and oxygen atoms in total. The van der Waals surface area contributed by atoms with Gasteiger partial charge in [-0.15, -0.1) is 0 Å². The lowest BCUT2D eigenvalue weighted by Crippen LogP contribution is -2.03. The van der Waals surface area contributed by atoms with Crippen LogP contribution in [0.25, 0.3) is 0 Å². The summed E-state index contributed by atoms with van der Waals surface area (Å²) in [6.45, 7) is 13.6. The Kier molecular flexibility index (Phi) is 4.11. The first-order chi connectivity index (χ1) is 7.28. The summed E-state index contributed by atoms with van der Waals surface area (Å²) >= 11 is 0. The zero-order valence-corrected chi connectivity index (χ0v) is 9.42. The SMILES string of the molecule is C=C/C=C1/C(C=C)=C(C=C)CC/C1=C/C. The van der Waals surface area contributed by atoms with Gasteiger partial charge in [0.05, 0.1) is 0 Å². The molecule has 0 fully saturated rings. The number of hydrogen-bond donors (Lipinski definition) is 0. The third-order valence-corrected chi connectivity index (χ3v) is 2.73. The second-order valence-corrected chi connectivity index (χ2v) is 3.48. The average molecular weight is 198 g/mol. The third-order valence-electron chi connectivity index (χ3n) is 2.73. The van der Waals surface area contributed by atoms with Crippen molar-refractivity contribution in [3.05, 3.63) is 72.4 Å².